The van der Waals surface area contributed by atoms with Crippen LogP contribution >= 0.6 is 0 Å². The van der Waals surface area contributed by atoms with Crippen LogP contribution in [-0.2, 0) is 0 Å². The van der Waals surface area contributed by atoms with Crippen molar-refractivity contribution < 1.29 is 9.90 Å². The third-order valence-electron chi connectivity index (χ3n) is 4.77. The summed E-state index contributed by atoms with van der Waals surface area (Å²) in [5.74, 6) is 0.297. The fourth-order valence-corrected chi connectivity index (χ4v) is 3.61. The van der Waals surface area contributed by atoms with Gasteiger partial charge in [-0.1, -0.05) is 54.6 Å². The van der Waals surface area contributed by atoms with Crippen molar-refractivity contribution in [2.45, 2.75) is 6.42 Å². The molecule has 4 heteroatoms. The normalized spacial score (nSPS) is 21.3. The first-order valence-corrected chi connectivity index (χ1v) is 8.33. The van der Waals surface area contributed by atoms with Gasteiger partial charge in [-0.15, -0.1) is 0 Å². The van der Waals surface area contributed by atoms with E-state index in [4.69, 9.17) is 0 Å². The second kappa shape index (κ2) is 6.40. The van der Waals surface area contributed by atoms with Gasteiger partial charge in [-0.2, -0.15) is 5.10 Å². The summed E-state index contributed by atoms with van der Waals surface area (Å²) in [4.78, 5) is 12.1. The Morgan fingerprint density at radius 1 is 1.04 bits per heavy atom. The number of carbonyl (C=O) groups excluding carboxylic acids is 1. The Morgan fingerprint density at radius 2 is 1.76 bits per heavy atom. The van der Waals surface area contributed by atoms with E-state index in [1.54, 1.807) is 24.4 Å². The van der Waals surface area contributed by atoms with Crippen LogP contribution in [0.4, 0.5) is 0 Å². The van der Waals surface area contributed by atoms with Crippen LogP contribution in [-0.4, -0.2) is 17.2 Å². The third-order valence-corrected chi connectivity index (χ3v) is 4.77. The van der Waals surface area contributed by atoms with E-state index in [1.807, 2.05) is 18.2 Å². The molecule has 2 aliphatic carbocycles. The summed E-state index contributed by atoms with van der Waals surface area (Å²) < 4.78 is 0. The molecule has 1 amide bonds. The van der Waals surface area contributed by atoms with Gasteiger partial charge in [0.1, 0.15) is 5.75 Å². The van der Waals surface area contributed by atoms with Gasteiger partial charge in [0.15, 0.2) is 0 Å². The van der Waals surface area contributed by atoms with E-state index in [1.165, 1.54) is 17.2 Å². The molecule has 2 atom stereocenters. The van der Waals surface area contributed by atoms with Gasteiger partial charge >= 0.3 is 0 Å². The van der Waals surface area contributed by atoms with Gasteiger partial charge in [-0.05, 0) is 35.3 Å². The molecule has 4 rings (SSSR count). The zero-order valence-electron chi connectivity index (χ0n) is 13.6. The Balaban J connectivity index is 1.56. The van der Waals surface area contributed by atoms with Gasteiger partial charge in [-0.25, -0.2) is 5.43 Å². The Kier molecular flexibility index (Phi) is 3.94. The molecule has 0 saturated carbocycles. The molecule has 124 valence electrons. The van der Waals surface area contributed by atoms with Crippen molar-refractivity contribution >= 4 is 17.7 Å². The first-order valence-electron chi connectivity index (χ1n) is 8.33. The summed E-state index contributed by atoms with van der Waals surface area (Å²) in [6, 6.07) is 16.7. The number of amides is 1. The molecule has 2 N–H and O–H groups in total. The first kappa shape index (κ1) is 15.4. The van der Waals surface area contributed by atoms with Gasteiger partial charge in [0.05, 0.1) is 11.8 Å². The number of phenols is 1. The zero-order chi connectivity index (χ0) is 17.2. The number of benzene rings is 2. The number of allylic oxidation sites excluding steroid dienone is 4. The summed E-state index contributed by atoms with van der Waals surface area (Å²) >= 11 is 0. The molecule has 25 heavy (non-hydrogen) atoms. The molecule has 2 aliphatic rings. The highest BCUT2D eigenvalue weighted by Crippen LogP contribution is 2.47. The van der Waals surface area contributed by atoms with Crippen LogP contribution in [0.1, 0.15) is 22.3 Å². The second-order valence-electron chi connectivity index (χ2n) is 6.28. The Labute approximate surface area is 146 Å². The lowest BCUT2D eigenvalue weighted by atomic mass is 9.92. The fourth-order valence-electron chi connectivity index (χ4n) is 3.61. The number of fused-ring (bicyclic) bond motifs is 2. The SMILES string of the molecule is O=C(N/N=C\C1=C(c2ccccc2)[C@@H]2C=C[C@@H]1C2)c1ccccc1O. The predicted octanol–water partition coefficient (Wildman–Crippen LogP) is 3.77. The summed E-state index contributed by atoms with van der Waals surface area (Å²) in [5, 5.41) is 13.9. The summed E-state index contributed by atoms with van der Waals surface area (Å²) in [6.45, 7) is 0. The van der Waals surface area contributed by atoms with Crippen LogP contribution < -0.4 is 5.43 Å². The fraction of sp³-hybridized carbons (Fsp3) is 0.143. The second-order valence-corrected chi connectivity index (χ2v) is 6.28. The van der Waals surface area contributed by atoms with E-state index >= 15 is 0 Å². The number of hydrazone groups is 1. The third kappa shape index (κ3) is 2.87. The van der Waals surface area contributed by atoms with Crippen molar-refractivity contribution in [2.75, 3.05) is 0 Å². The Hall–Kier alpha value is -3.14. The van der Waals surface area contributed by atoms with Crippen molar-refractivity contribution in [1.82, 2.24) is 5.43 Å². The van der Waals surface area contributed by atoms with Crippen LogP contribution in [0.3, 0.4) is 0 Å². The molecule has 2 aromatic carbocycles. The van der Waals surface area contributed by atoms with Gasteiger partial charge in [-0.3, -0.25) is 4.79 Å². The van der Waals surface area contributed by atoms with Crippen molar-refractivity contribution in [1.29, 1.82) is 0 Å². The highest BCUT2D eigenvalue weighted by atomic mass is 16.3. The monoisotopic (exact) mass is 330 g/mol. The molecular weight excluding hydrogens is 312 g/mol. The number of hydrogen-bond donors (Lipinski definition) is 2. The number of hydrogen-bond acceptors (Lipinski definition) is 3. The topological polar surface area (TPSA) is 61.7 Å². The van der Waals surface area contributed by atoms with Gasteiger partial charge in [0.2, 0.25) is 0 Å². The maximum Gasteiger partial charge on any atom is 0.275 e. The molecule has 4 nitrogen and oxygen atoms in total. The molecule has 0 unspecified atom stereocenters. The molecule has 0 spiro atoms. The first-order chi connectivity index (χ1) is 12.2. The molecule has 0 saturated heterocycles. The number of rotatable bonds is 4. The van der Waals surface area contributed by atoms with Gasteiger partial charge in [0, 0.05) is 11.8 Å². The zero-order valence-corrected chi connectivity index (χ0v) is 13.6. The van der Waals surface area contributed by atoms with Gasteiger partial charge in [0.25, 0.3) is 5.91 Å². The lowest BCUT2D eigenvalue weighted by molar-refractivity contribution is 0.0952. The molecule has 2 aromatic rings. The van der Waals surface area contributed by atoms with E-state index in [-0.39, 0.29) is 11.3 Å². The Morgan fingerprint density at radius 3 is 2.56 bits per heavy atom. The lowest BCUT2D eigenvalue weighted by Crippen LogP contribution is -2.18. The van der Waals surface area contributed by atoms with Crippen LogP contribution in [0.5, 0.6) is 5.75 Å². The van der Waals surface area contributed by atoms with E-state index in [0.29, 0.717) is 11.8 Å². The predicted molar refractivity (Wildman–Crippen MR) is 98.2 cm³/mol. The van der Waals surface area contributed by atoms with E-state index in [2.05, 4.69) is 34.8 Å². The summed E-state index contributed by atoms with van der Waals surface area (Å²) in [7, 11) is 0. The average molecular weight is 330 g/mol. The maximum atomic E-state index is 12.1. The molecule has 0 fully saturated rings. The van der Waals surface area contributed by atoms with Crippen LogP contribution in [0.25, 0.3) is 5.57 Å². The molecule has 2 bridgehead atoms. The minimum absolute atomic E-state index is 0.0535. The van der Waals surface area contributed by atoms with Crippen LogP contribution in [0, 0.1) is 11.8 Å². The molecule has 0 radical (unpaired) electrons. The van der Waals surface area contributed by atoms with Crippen molar-refractivity contribution in [2.24, 2.45) is 16.9 Å². The number of phenolic OH excluding ortho intramolecular Hbond substituents is 1. The van der Waals surface area contributed by atoms with Crippen LogP contribution in [0.15, 0.2) is 77.4 Å². The van der Waals surface area contributed by atoms with Crippen molar-refractivity contribution in [3.05, 3.63) is 83.4 Å². The minimum atomic E-state index is -0.421. The number of nitrogens with one attached hydrogen (secondary N) is 1. The standard InChI is InChI=1S/C21H18N2O2/c24-19-9-5-4-8-17(19)21(25)23-22-13-18-15-10-11-16(12-15)20(18)14-6-2-1-3-7-14/h1-11,13,15-16,24H,12H2,(H,23,25)/b22-13-/t15-,16-/m1/s1. The lowest BCUT2D eigenvalue weighted by Gasteiger charge is -2.13. The average Bonchev–Trinajstić information content (AvgIpc) is 3.24. The number of carbonyl (C=O) groups is 1. The molecule has 0 heterocycles. The number of nitrogens with zero attached hydrogens (tertiary/aromatic N) is 1. The van der Waals surface area contributed by atoms with E-state index in [0.717, 1.165) is 12.0 Å². The summed E-state index contributed by atoms with van der Waals surface area (Å²) in [5.41, 5.74) is 6.36. The van der Waals surface area contributed by atoms with Crippen molar-refractivity contribution in [3.8, 4) is 5.75 Å². The highest BCUT2D eigenvalue weighted by molar-refractivity contribution is 5.99. The molecular formula is C21H18N2O2. The largest absolute Gasteiger partial charge is 0.507 e. The van der Waals surface area contributed by atoms with E-state index < -0.39 is 5.91 Å². The van der Waals surface area contributed by atoms with Gasteiger partial charge < -0.3 is 5.11 Å². The smallest absolute Gasteiger partial charge is 0.275 e. The highest BCUT2D eigenvalue weighted by Gasteiger charge is 2.34. The Bertz CT molecular complexity index is 897. The molecule has 0 aromatic heterocycles. The summed E-state index contributed by atoms with van der Waals surface area (Å²) in [6.07, 6.45) is 7.28. The van der Waals surface area contributed by atoms with Crippen molar-refractivity contribution in [3.63, 3.8) is 0 Å². The molecule has 0 aliphatic heterocycles. The minimum Gasteiger partial charge on any atom is -0.507 e. The van der Waals surface area contributed by atoms with Crippen LogP contribution in [0.2, 0.25) is 0 Å². The van der Waals surface area contributed by atoms with E-state index in [9.17, 15) is 9.90 Å². The number of aromatic hydroxyl groups is 1. The maximum absolute atomic E-state index is 12.1. The number of para-hydroxylation sites is 1. The quantitative estimate of drug-likeness (QED) is 0.509.